The van der Waals surface area contributed by atoms with Gasteiger partial charge in [0.2, 0.25) is 0 Å². The monoisotopic (exact) mass is 357 g/mol. The average Bonchev–Trinajstić information content (AvgIpc) is 2.60. The molecule has 1 unspecified atom stereocenters. The summed E-state index contributed by atoms with van der Waals surface area (Å²) in [6, 6.07) is 7.40. The fourth-order valence-electron chi connectivity index (χ4n) is 3.33. The molecule has 0 saturated heterocycles. The van der Waals surface area contributed by atoms with Gasteiger partial charge in [-0.3, -0.25) is 4.79 Å². The minimum absolute atomic E-state index is 0.0533. The van der Waals surface area contributed by atoms with Gasteiger partial charge in [0, 0.05) is 35.3 Å². The maximum absolute atomic E-state index is 12.7. The second-order valence-corrected chi connectivity index (χ2v) is 7.18. The van der Waals surface area contributed by atoms with E-state index in [1.807, 2.05) is 31.2 Å². The number of nitrogens with zero attached hydrogens (tertiary/aromatic N) is 2. The van der Waals surface area contributed by atoms with Gasteiger partial charge in [-0.2, -0.15) is 0 Å². The number of hydrogen-bond donors (Lipinski definition) is 1. The van der Waals surface area contributed by atoms with E-state index in [1.165, 1.54) is 0 Å². The van der Waals surface area contributed by atoms with Crippen LogP contribution in [0.2, 0.25) is 5.02 Å². The number of aromatic nitrogens is 2. The second-order valence-electron chi connectivity index (χ2n) is 6.74. The third kappa shape index (κ3) is 3.79. The lowest BCUT2D eigenvalue weighted by Gasteiger charge is -2.35. The lowest BCUT2D eigenvalue weighted by atomic mass is 9.90. The molecule has 132 valence electrons. The van der Waals surface area contributed by atoms with Crippen LogP contribution in [0.15, 0.2) is 41.3 Å². The van der Waals surface area contributed by atoms with Gasteiger partial charge in [-0.1, -0.05) is 37.9 Å². The van der Waals surface area contributed by atoms with Gasteiger partial charge in [0.25, 0.3) is 5.56 Å². The van der Waals surface area contributed by atoms with Crippen molar-refractivity contribution < 1.29 is 0 Å². The zero-order chi connectivity index (χ0) is 18.0. The van der Waals surface area contributed by atoms with E-state index < -0.39 is 0 Å². The van der Waals surface area contributed by atoms with Crippen LogP contribution in [0.4, 0.5) is 0 Å². The summed E-state index contributed by atoms with van der Waals surface area (Å²) in [5.41, 5.74) is 3.53. The predicted octanol–water partition coefficient (Wildman–Crippen LogP) is 4.71. The normalized spacial score (nSPS) is 16.6. The summed E-state index contributed by atoms with van der Waals surface area (Å²) in [7, 11) is 0. The van der Waals surface area contributed by atoms with Crippen molar-refractivity contribution in [1.29, 1.82) is 0 Å². The first kappa shape index (κ1) is 17.7. The summed E-state index contributed by atoms with van der Waals surface area (Å²) < 4.78 is 0. The Hall–Kier alpha value is -2.07. The standard InChI is InChI=1S/C20H24ClN3O/c1-4-5-6-15-11-24(13(2)3)12-17-18(15)22-19(23-20(17)25)14-7-9-16(21)10-8-14/h7-10,15H,2,4-6,11-12H2,1,3H3,(H,22,23,25). The van der Waals surface area contributed by atoms with Crippen LogP contribution in [-0.4, -0.2) is 21.4 Å². The number of hydrogen-bond acceptors (Lipinski definition) is 3. The van der Waals surface area contributed by atoms with Crippen molar-refractivity contribution in [2.45, 2.75) is 45.6 Å². The van der Waals surface area contributed by atoms with Gasteiger partial charge < -0.3 is 9.88 Å². The van der Waals surface area contributed by atoms with Crippen molar-refractivity contribution in [2.75, 3.05) is 6.54 Å². The van der Waals surface area contributed by atoms with Crippen molar-refractivity contribution in [2.24, 2.45) is 0 Å². The number of aromatic amines is 1. The molecule has 0 aliphatic carbocycles. The van der Waals surface area contributed by atoms with Gasteiger partial charge >= 0.3 is 0 Å². The molecule has 1 atom stereocenters. The van der Waals surface area contributed by atoms with Gasteiger partial charge in [-0.15, -0.1) is 0 Å². The summed E-state index contributed by atoms with van der Waals surface area (Å²) in [6.45, 7) is 9.68. The molecule has 0 bridgehead atoms. The topological polar surface area (TPSA) is 49.0 Å². The molecule has 4 nitrogen and oxygen atoms in total. The van der Waals surface area contributed by atoms with Crippen LogP contribution >= 0.6 is 11.6 Å². The van der Waals surface area contributed by atoms with E-state index in [-0.39, 0.29) is 11.5 Å². The number of fused-ring (bicyclic) bond motifs is 1. The number of rotatable bonds is 5. The van der Waals surface area contributed by atoms with E-state index >= 15 is 0 Å². The fourth-order valence-corrected chi connectivity index (χ4v) is 3.45. The molecule has 5 heteroatoms. The first-order chi connectivity index (χ1) is 12.0. The molecule has 0 fully saturated rings. The molecule has 2 aromatic rings. The lowest BCUT2D eigenvalue weighted by Crippen LogP contribution is -2.37. The quantitative estimate of drug-likeness (QED) is 0.842. The van der Waals surface area contributed by atoms with Crippen LogP contribution in [0.5, 0.6) is 0 Å². The van der Waals surface area contributed by atoms with Crippen molar-refractivity contribution in [3.8, 4) is 11.4 Å². The highest BCUT2D eigenvalue weighted by atomic mass is 35.5. The van der Waals surface area contributed by atoms with Crippen molar-refractivity contribution in [3.63, 3.8) is 0 Å². The Balaban J connectivity index is 2.05. The highest BCUT2D eigenvalue weighted by Crippen LogP contribution is 2.31. The van der Waals surface area contributed by atoms with Crippen LogP contribution in [0, 0.1) is 0 Å². The first-order valence-electron chi connectivity index (χ1n) is 8.79. The van der Waals surface area contributed by atoms with Crippen LogP contribution in [0.1, 0.15) is 50.3 Å². The Bertz CT molecular complexity index is 826. The number of allylic oxidation sites excluding steroid dienone is 1. The summed E-state index contributed by atoms with van der Waals surface area (Å²) in [6.07, 6.45) is 3.29. The Morgan fingerprint density at radius 3 is 2.76 bits per heavy atom. The summed E-state index contributed by atoms with van der Waals surface area (Å²) >= 11 is 5.97. The van der Waals surface area contributed by atoms with Gasteiger partial charge in [0.05, 0.1) is 11.3 Å². The molecular weight excluding hydrogens is 334 g/mol. The van der Waals surface area contributed by atoms with Crippen molar-refractivity contribution >= 4 is 11.6 Å². The maximum Gasteiger partial charge on any atom is 0.256 e. The maximum atomic E-state index is 12.7. The molecule has 0 amide bonds. The van der Waals surface area contributed by atoms with E-state index in [0.717, 1.165) is 48.3 Å². The zero-order valence-corrected chi connectivity index (χ0v) is 15.6. The number of halogens is 1. The number of nitrogens with one attached hydrogen (secondary N) is 1. The van der Waals surface area contributed by atoms with Gasteiger partial charge in [-0.25, -0.2) is 4.98 Å². The lowest BCUT2D eigenvalue weighted by molar-refractivity contribution is 0.276. The highest BCUT2D eigenvalue weighted by molar-refractivity contribution is 6.30. The van der Waals surface area contributed by atoms with E-state index in [0.29, 0.717) is 17.4 Å². The molecule has 0 spiro atoms. The molecule has 1 aliphatic heterocycles. The molecule has 0 saturated carbocycles. The van der Waals surface area contributed by atoms with Crippen LogP contribution in [0.3, 0.4) is 0 Å². The minimum atomic E-state index is -0.0533. The smallest absolute Gasteiger partial charge is 0.256 e. The van der Waals surface area contributed by atoms with Crippen molar-refractivity contribution in [3.05, 3.63) is 63.2 Å². The van der Waals surface area contributed by atoms with E-state index in [9.17, 15) is 4.79 Å². The molecule has 1 N–H and O–H groups in total. The summed E-state index contributed by atoms with van der Waals surface area (Å²) in [5, 5.41) is 0.668. The Labute approximate surface area is 153 Å². The van der Waals surface area contributed by atoms with E-state index in [1.54, 1.807) is 0 Å². The van der Waals surface area contributed by atoms with Crippen molar-refractivity contribution in [1.82, 2.24) is 14.9 Å². The van der Waals surface area contributed by atoms with E-state index in [4.69, 9.17) is 16.6 Å². The van der Waals surface area contributed by atoms with Crippen LogP contribution < -0.4 is 5.56 Å². The highest BCUT2D eigenvalue weighted by Gasteiger charge is 2.29. The number of H-pyrrole nitrogens is 1. The van der Waals surface area contributed by atoms with Gasteiger partial charge in [-0.05, 0) is 37.6 Å². The predicted molar refractivity (Wildman–Crippen MR) is 103 cm³/mol. The number of benzene rings is 1. The Morgan fingerprint density at radius 1 is 1.40 bits per heavy atom. The Kier molecular flexibility index (Phi) is 5.28. The molecule has 1 aromatic carbocycles. The van der Waals surface area contributed by atoms with Crippen LogP contribution in [-0.2, 0) is 6.54 Å². The third-order valence-electron chi connectivity index (χ3n) is 4.79. The fraction of sp³-hybridized carbons (Fsp3) is 0.400. The third-order valence-corrected chi connectivity index (χ3v) is 5.04. The molecule has 0 radical (unpaired) electrons. The van der Waals surface area contributed by atoms with Crippen LogP contribution in [0.25, 0.3) is 11.4 Å². The Morgan fingerprint density at radius 2 is 2.12 bits per heavy atom. The molecule has 3 rings (SSSR count). The summed E-state index contributed by atoms with van der Waals surface area (Å²) in [4.78, 5) is 22.7. The first-order valence-corrected chi connectivity index (χ1v) is 9.17. The largest absolute Gasteiger partial charge is 0.370 e. The summed E-state index contributed by atoms with van der Waals surface area (Å²) in [5.74, 6) is 0.874. The molecule has 2 heterocycles. The minimum Gasteiger partial charge on any atom is -0.370 e. The molecule has 1 aliphatic rings. The average molecular weight is 358 g/mol. The van der Waals surface area contributed by atoms with E-state index in [2.05, 4.69) is 23.4 Å². The molecule has 1 aromatic heterocycles. The molecular formula is C20H24ClN3O. The SMILES string of the molecule is C=C(C)N1Cc2c(nc(-c3ccc(Cl)cc3)[nH]c2=O)C(CCCC)C1. The molecule has 25 heavy (non-hydrogen) atoms. The second kappa shape index (κ2) is 7.44. The number of unbranched alkanes of at least 4 members (excludes halogenated alkanes) is 1. The van der Waals surface area contributed by atoms with Gasteiger partial charge in [0.15, 0.2) is 0 Å². The zero-order valence-electron chi connectivity index (χ0n) is 14.8. The van der Waals surface area contributed by atoms with Gasteiger partial charge in [0.1, 0.15) is 5.82 Å².